The van der Waals surface area contributed by atoms with E-state index in [0.717, 1.165) is 10.1 Å². The molecule has 4 N–H and O–H groups in total. The van der Waals surface area contributed by atoms with E-state index in [0.29, 0.717) is 5.56 Å². The number of hydrogen-bond acceptors (Lipinski definition) is 4. The van der Waals surface area contributed by atoms with Crippen LogP contribution in [0.25, 0.3) is 10.1 Å². The Hall–Kier alpha value is -2.08. The van der Waals surface area contributed by atoms with E-state index in [9.17, 15) is 4.79 Å². The third-order valence-corrected chi connectivity index (χ3v) is 4.08. The van der Waals surface area contributed by atoms with Crippen molar-refractivity contribution in [3.8, 4) is 0 Å². The summed E-state index contributed by atoms with van der Waals surface area (Å²) >= 11 is 1.52. The number of carbonyl (C=O) groups is 1. The molecule has 1 heterocycles. The van der Waals surface area contributed by atoms with Crippen LogP contribution in [0.2, 0.25) is 0 Å². The van der Waals surface area contributed by atoms with Gasteiger partial charge in [-0.05, 0) is 12.0 Å². The number of nitrogens with one attached hydrogen (secondary N) is 1. The summed E-state index contributed by atoms with van der Waals surface area (Å²) in [5.41, 5.74) is 6.23. The third-order valence-electron chi connectivity index (χ3n) is 3.11. The van der Waals surface area contributed by atoms with Crippen molar-refractivity contribution in [1.82, 2.24) is 5.32 Å². The Morgan fingerprint density at radius 3 is 2.75 bits per heavy atom. The van der Waals surface area contributed by atoms with Gasteiger partial charge in [-0.3, -0.25) is 4.79 Å². The van der Waals surface area contributed by atoms with Crippen LogP contribution in [0, 0.1) is 5.92 Å². The van der Waals surface area contributed by atoms with Crippen LogP contribution >= 0.6 is 11.3 Å². The molecule has 0 aliphatic heterocycles. The molecule has 0 aliphatic rings. The zero-order valence-corrected chi connectivity index (χ0v) is 12.1. The number of fused-ring (bicyclic) bond motifs is 1. The van der Waals surface area contributed by atoms with Gasteiger partial charge in [-0.15, -0.1) is 11.3 Å². The summed E-state index contributed by atoms with van der Waals surface area (Å²) in [5.74, 6) is -0.180. The van der Waals surface area contributed by atoms with Gasteiger partial charge in [0.25, 0.3) is 5.91 Å². The predicted octanol–water partition coefficient (Wildman–Crippen LogP) is 2.40. The van der Waals surface area contributed by atoms with Crippen molar-refractivity contribution >= 4 is 33.2 Å². The minimum Gasteiger partial charge on any atom is -0.409 e. The van der Waals surface area contributed by atoms with Crippen LogP contribution in [0.1, 0.15) is 24.2 Å². The van der Waals surface area contributed by atoms with E-state index in [1.54, 1.807) is 0 Å². The molecular formula is C14H17N3O2S. The van der Waals surface area contributed by atoms with Crippen molar-refractivity contribution in [2.24, 2.45) is 16.8 Å². The number of thiophene rings is 1. The van der Waals surface area contributed by atoms with Crippen molar-refractivity contribution in [2.45, 2.75) is 19.9 Å². The second-order valence-electron chi connectivity index (χ2n) is 4.87. The lowest BCUT2D eigenvalue weighted by molar-refractivity contribution is 0.0941. The molecule has 0 aliphatic carbocycles. The molecule has 1 atom stereocenters. The molecule has 106 valence electrons. The van der Waals surface area contributed by atoms with E-state index in [4.69, 9.17) is 10.9 Å². The smallest absolute Gasteiger partial charge is 0.253 e. The normalized spacial score (nSPS) is 13.7. The molecule has 0 saturated carbocycles. The molecule has 0 spiro atoms. The van der Waals surface area contributed by atoms with Gasteiger partial charge in [0, 0.05) is 15.5 Å². The monoisotopic (exact) mass is 291 g/mol. The standard InChI is InChI=1S/C14H17N3O2S/c1-8(2)12(13(15)17-19)16-14(18)10-7-20-11-6-4-3-5-9(10)11/h3-8,12,19H,1-2H3,(H2,15,17)(H,16,18). The molecule has 0 fully saturated rings. The molecule has 6 heteroatoms. The number of hydrogen-bond donors (Lipinski definition) is 3. The molecule has 1 amide bonds. The first-order valence-electron chi connectivity index (χ1n) is 6.29. The highest BCUT2D eigenvalue weighted by Gasteiger charge is 2.22. The van der Waals surface area contributed by atoms with E-state index >= 15 is 0 Å². The van der Waals surface area contributed by atoms with Gasteiger partial charge >= 0.3 is 0 Å². The minimum absolute atomic E-state index is 0.00730. The summed E-state index contributed by atoms with van der Waals surface area (Å²) in [7, 11) is 0. The van der Waals surface area contributed by atoms with Crippen LogP contribution in [0.5, 0.6) is 0 Å². The SMILES string of the molecule is CC(C)C(NC(=O)c1csc2ccccc12)C(N)=NO. The first-order chi connectivity index (χ1) is 9.54. The fourth-order valence-corrected chi connectivity index (χ4v) is 2.96. The highest BCUT2D eigenvalue weighted by Crippen LogP contribution is 2.25. The van der Waals surface area contributed by atoms with Crippen LogP contribution in [0.3, 0.4) is 0 Å². The predicted molar refractivity (Wildman–Crippen MR) is 81.3 cm³/mol. The lowest BCUT2D eigenvalue weighted by Gasteiger charge is -2.20. The summed E-state index contributed by atoms with van der Waals surface area (Å²) in [6, 6.07) is 7.23. The molecule has 0 bridgehead atoms. The maximum absolute atomic E-state index is 12.4. The summed E-state index contributed by atoms with van der Waals surface area (Å²) in [4.78, 5) is 12.4. The highest BCUT2D eigenvalue weighted by molar-refractivity contribution is 7.17. The number of nitrogens with two attached hydrogens (primary N) is 1. The molecule has 1 aromatic heterocycles. The largest absolute Gasteiger partial charge is 0.409 e. The molecule has 1 aromatic carbocycles. The van der Waals surface area contributed by atoms with E-state index < -0.39 is 6.04 Å². The van der Waals surface area contributed by atoms with Crippen molar-refractivity contribution < 1.29 is 10.0 Å². The average molecular weight is 291 g/mol. The Kier molecular flexibility index (Phi) is 4.24. The fraction of sp³-hybridized carbons (Fsp3) is 0.286. The zero-order chi connectivity index (χ0) is 14.7. The zero-order valence-electron chi connectivity index (χ0n) is 11.3. The first-order valence-corrected chi connectivity index (χ1v) is 7.17. The van der Waals surface area contributed by atoms with Gasteiger partial charge in [0.2, 0.25) is 0 Å². The molecule has 2 rings (SSSR count). The number of amidine groups is 1. The number of benzene rings is 1. The Labute approximate surface area is 121 Å². The Balaban J connectivity index is 2.27. The molecule has 0 saturated heterocycles. The second kappa shape index (κ2) is 5.92. The third kappa shape index (κ3) is 2.75. The van der Waals surface area contributed by atoms with E-state index in [2.05, 4.69) is 10.5 Å². The van der Waals surface area contributed by atoms with Crippen molar-refractivity contribution in [3.63, 3.8) is 0 Å². The Morgan fingerprint density at radius 1 is 1.40 bits per heavy atom. The van der Waals surface area contributed by atoms with Crippen LogP contribution in [-0.4, -0.2) is 23.0 Å². The Morgan fingerprint density at radius 2 is 2.10 bits per heavy atom. The van der Waals surface area contributed by atoms with Gasteiger partial charge in [0.15, 0.2) is 5.84 Å². The number of rotatable bonds is 4. The van der Waals surface area contributed by atoms with Crippen molar-refractivity contribution in [2.75, 3.05) is 0 Å². The molecule has 1 unspecified atom stereocenters. The van der Waals surface area contributed by atoms with E-state index in [1.165, 1.54) is 11.3 Å². The van der Waals surface area contributed by atoms with Gasteiger partial charge in [-0.1, -0.05) is 37.2 Å². The molecule has 0 radical (unpaired) electrons. The summed E-state index contributed by atoms with van der Waals surface area (Å²) < 4.78 is 1.06. The molecule has 5 nitrogen and oxygen atoms in total. The van der Waals surface area contributed by atoms with Crippen LogP contribution in [0.15, 0.2) is 34.8 Å². The van der Waals surface area contributed by atoms with E-state index in [1.807, 2.05) is 43.5 Å². The topological polar surface area (TPSA) is 87.7 Å². The summed E-state index contributed by atoms with van der Waals surface area (Å²) in [5, 5.41) is 17.3. The number of carbonyl (C=O) groups excluding carboxylic acids is 1. The van der Waals surface area contributed by atoms with E-state index in [-0.39, 0.29) is 17.7 Å². The number of nitrogens with zero attached hydrogens (tertiary/aromatic N) is 1. The molecule has 2 aromatic rings. The highest BCUT2D eigenvalue weighted by atomic mass is 32.1. The Bertz CT molecular complexity index is 649. The summed E-state index contributed by atoms with van der Waals surface area (Å²) in [6.45, 7) is 3.80. The van der Waals surface area contributed by atoms with Crippen molar-refractivity contribution in [1.29, 1.82) is 0 Å². The molecule has 20 heavy (non-hydrogen) atoms. The number of oxime groups is 1. The van der Waals surface area contributed by atoms with Gasteiger partial charge in [-0.25, -0.2) is 0 Å². The van der Waals surface area contributed by atoms with Gasteiger partial charge in [-0.2, -0.15) is 0 Å². The number of amides is 1. The van der Waals surface area contributed by atoms with Crippen molar-refractivity contribution in [3.05, 3.63) is 35.2 Å². The van der Waals surface area contributed by atoms with Crippen LogP contribution in [0.4, 0.5) is 0 Å². The van der Waals surface area contributed by atoms with Gasteiger partial charge < -0.3 is 16.3 Å². The maximum atomic E-state index is 12.4. The average Bonchev–Trinajstić information content (AvgIpc) is 2.87. The minimum atomic E-state index is -0.494. The lowest BCUT2D eigenvalue weighted by Crippen LogP contribution is -2.47. The fourth-order valence-electron chi connectivity index (χ4n) is 2.02. The second-order valence-corrected chi connectivity index (χ2v) is 5.78. The van der Waals surface area contributed by atoms with Gasteiger partial charge in [0.05, 0.1) is 11.6 Å². The molecular weight excluding hydrogens is 274 g/mol. The summed E-state index contributed by atoms with van der Waals surface area (Å²) in [6.07, 6.45) is 0. The van der Waals surface area contributed by atoms with Crippen LogP contribution < -0.4 is 11.1 Å². The quantitative estimate of drug-likeness (QED) is 0.350. The van der Waals surface area contributed by atoms with Gasteiger partial charge in [0.1, 0.15) is 0 Å². The maximum Gasteiger partial charge on any atom is 0.253 e. The lowest BCUT2D eigenvalue weighted by atomic mass is 10.0. The van der Waals surface area contributed by atoms with Crippen LogP contribution in [-0.2, 0) is 0 Å². The first kappa shape index (κ1) is 14.3.